The van der Waals surface area contributed by atoms with Gasteiger partial charge in [-0.1, -0.05) is 74.5 Å². The molecule has 1 radical (unpaired) electrons. The maximum atomic E-state index is 2.31. The molecule has 0 N–H and O–H groups in total. The van der Waals surface area contributed by atoms with Gasteiger partial charge in [0.1, 0.15) is 0 Å². The lowest BCUT2D eigenvalue weighted by atomic mass is 9.79. The average molecular weight is 209 g/mol. The molecule has 0 spiro atoms. The molecule has 2 aromatic rings. The number of hydrogen-bond acceptors (Lipinski definition) is 0. The summed E-state index contributed by atoms with van der Waals surface area (Å²) in [5.41, 5.74) is 2.69. The van der Waals surface area contributed by atoms with Crippen LogP contribution < -0.4 is 0 Å². The van der Waals surface area contributed by atoms with Crippen molar-refractivity contribution in [3.8, 4) is 0 Å². The van der Waals surface area contributed by atoms with Gasteiger partial charge < -0.3 is 0 Å². The molecule has 0 nitrogen and oxygen atoms in total. The molecule has 0 unspecified atom stereocenters. The van der Waals surface area contributed by atoms with Crippen molar-refractivity contribution in [3.05, 3.63) is 78.2 Å². The smallest absolute Gasteiger partial charge is 0.000708 e. The summed E-state index contributed by atoms with van der Waals surface area (Å²) in [6.07, 6.45) is 2.31. The maximum absolute atomic E-state index is 2.31. The Kier molecular flexibility index (Phi) is 3.09. The molecule has 0 heterocycles. The van der Waals surface area contributed by atoms with E-state index in [2.05, 4.69) is 74.9 Å². The summed E-state index contributed by atoms with van der Waals surface area (Å²) >= 11 is 0. The van der Waals surface area contributed by atoms with E-state index in [4.69, 9.17) is 0 Å². The van der Waals surface area contributed by atoms with Crippen LogP contribution in [0, 0.1) is 6.42 Å². The van der Waals surface area contributed by atoms with Crippen LogP contribution in [0.5, 0.6) is 0 Å². The normalized spacial score (nSPS) is 11.4. The molecule has 16 heavy (non-hydrogen) atoms. The van der Waals surface area contributed by atoms with Crippen molar-refractivity contribution in [2.75, 3.05) is 0 Å². The van der Waals surface area contributed by atoms with Gasteiger partial charge in [-0.15, -0.1) is 0 Å². The van der Waals surface area contributed by atoms with Crippen LogP contribution in [-0.2, 0) is 5.41 Å². The van der Waals surface area contributed by atoms with Crippen LogP contribution >= 0.6 is 0 Å². The number of benzene rings is 2. The van der Waals surface area contributed by atoms with E-state index in [0.29, 0.717) is 0 Å². The Hall–Kier alpha value is -1.56. The van der Waals surface area contributed by atoms with Crippen molar-refractivity contribution in [1.29, 1.82) is 0 Å². The number of rotatable bonds is 3. The Bertz CT molecular complexity index is 426. The summed E-state index contributed by atoms with van der Waals surface area (Å²) in [7, 11) is 0. The van der Waals surface area contributed by atoms with Crippen molar-refractivity contribution in [2.24, 2.45) is 0 Å². The molecule has 0 aliphatic rings. The van der Waals surface area contributed by atoms with Gasteiger partial charge in [-0.3, -0.25) is 0 Å². The summed E-state index contributed by atoms with van der Waals surface area (Å²) in [6.45, 7) is 4.49. The predicted molar refractivity (Wildman–Crippen MR) is 69.3 cm³/mol. The van der Waals surface area contributed by atoms with Gasteiger partial charge in [-0.2, -0.15) is 0 Å². The van der Waals surface area contributed by atoms with Crippen LogP contribution in [0.4, 0.5) is 0 Å². The maximum Gasteiger partial charge on any atom is 0.000708 e. The highest BCUT2D eigenvalue weighted by Gasteiger charge is 2.20. The van der Waals surface area contributed by atoms with E-state index in [1.807, 2.05) is 6.07 Å². The van der Waals surface area contributed by atoms with Crippen LogP contribution in [0.3, 0.4) is 0 Å². The first kappa shape index (κ1) is 10.9. The highest BCUT2D eigenvalue weighted by atomic mass is 14.2. The van der Waals surface area contributed by atoms with E-state index in [1.54, 1.807) is 0 Å². The molecule has 2 rings (SSSR count). The summed E-state index contributed by atoms with van der Waals surface area (Å²) in [5.74, 6) is 0. The molecule has 0 fully saturated rings. The zero-order valence-electron chi connectivity index (χ0n) is 9.85. The molecular weight excluding hydrogens is 192 g/mol. The van der Waals surface area contributed by atoms with Crippen LogP contribution in [0.1, 0.15) is 25.0 Å². The molecule has 0 atom stereocenters. The molecule has 0 amide bonds. The third-order valence-corrected chi connectivity index (χ3v) is 2.84. The molecule has 0 saturated carbocycles. The standard InChI is InChI=1S/C16H17/c1-16(2,15-11-7-4-8-12-15)13-14-9-5-3-6-10-14/h3-13H,1-2H3. The Morgan fingerprint density at radius 3 is 1.81 bits per heavy atom. The Labute approximate surface area is 97.9 Å². The van der Waals surface area contributed by atoms with Crippen molar-refractivity contribution in [1.82, 2.24) is 0 Å². The first-order chi connectivity index (χ1) is 7.68. The molecule has 0 heteroatoms. The lowest BCUT2D eigenvalue weighted by Crippen LogP contribution is -2.18. The van der Waals surface area contributed by atoms with Crippen molar-refractivity contribution >= 4 is 0 Å². The second-order valence-corrected chi connectivity index (χ2v) is 4.64. The van der Waals surface area contributed by atoms with Crippen molar-refractivity contribution < 1.29 is 0 Å². The second kappa shape index (κ2) is 4.52. The van der Waals surface area contributed by atoms with Gasteiger partial charge in [0.15, 0.2) is 0 Å². The molecular formula is C16H17. The fraction of sp³-hybridized carbons (Fsp3) is 0.188. The minimum absolute atomic E-state index is 0.0720. The van der Waals surface area contributed by atoms with E-state index < -0.39 is 0 Å². The van der Waals surface area contributed by atoms with E-state index >= 15 is 0 Å². The Morgan fingerprint density at radius 2 is 1.25 bits per heavy atom. The van der Waals surface area contributed by atoms with Crippen molar-refractivity contribution in [3.63, 3.8) is 0 Å². The first-order valence-corrected chi connectivity index (χ1v) is 5.65. The van der Waals surface area contributed by atoms with Gasteiger partial charge in [-0.05, 0) is 16.5 Å². The van der Waals surface area contributed by atoms with Crippen LogP contribution in [0.25, 0.3) is 0 Å². The Morgan fingerprint density at radius 1 is 0.750 bits per heavy atom. The fourth-order valence-corrected chi connectivity index (χ4v) is 1.92. The minimum Gasteiger partial charge on any atom is -0.0622 e. The van der Waals surface area contributed by atoms with Gasteiger partial charge in [0.2, 0.25) is 0 Å². The highest BCUT2D eigenvalue weighted by Crippen LogP contribution is 2.28. The van der Waals surface area contributed by atoms with E-state index in [9.17, 15) is 0 Å². The van der Waals surface area contributed by atoms with Crippen molar-refractivity contribution in [2.45, 2.75) is 19.3 Å². The zero-order chi connectivity index (χ0) is 11.4. The van der Waals surface area contributed by atoms with Crippen LogP contribution in [0.15, 0.2) is 60.7 Å². The summed E-state index contributed by atoms with van der Waals surface area (Å²) < 4.78 is 0. The minimum atomic E-state index is 0.0720. The van der Waals surface area contributed by atoms with Gasteiger partial charge in [0.05, 0.1) is 0 Å². The summed E-state index contributed by atoms with van der Waals surface area (Å²) in [6, 6.07) is 21.1. The third kappa shape index (κ3) is 2.52. The average Bonchev–Trinajstić information content (AvgIpc) is 2.31. The number of hydrogen-bond donors (Lipinski definition) is 0. The molecule has 0 bridgehead atoms. The predicted octanol–water partition coefficient (Wildman–Crippen LogP) is 4.22. The lowest BCUT2D eigenvalue weighted by Gasteiger charge is -2.25. The molecule has 0 aliphatic carbocycles. The largest absolute Gasteiger partial charge is 0.0622 e. The van der Waals surface area contributed by atoms with E-state index in [0.717, 1.165) is 0 Å². The quantitative estimate of drug-likeness (QED) is 0.710. The summed E-state index contributed by atoms with van der Waals surface area (Å²) in [5, 5.41) is 0. The van der Waals surface area contributed by atoms with E-state index in [-0.39, 0.29) is 5.41 Å². The van der Waals surface area contributed by atoms with Gasteiger partial charge >= 0.3 is 0 Å². The van der Waals surface area contributed by atoms with Crippen LogP contribution in [-0.4, -0.2) is 0 Å². The summed E-state index contributed by atoms with van der Waals surface area (Å²) in [4.78, 5) is 0. The Balaban J connectivity index is 2.21. The molecule has 2 aromatic carbocycles. The second-order valence-electron chi connectivity index (χ2n) is 4.64. The van der Waals surface area contributed by atoms with Gasteiger partial charge in [-0.25, -0.2) is 0 Å². The first-order valence-electron chi connectivity index (χ1n) is 5.65. The van der Waals surface area contributed by atoms with Gasteiger partial charge in [0, 0.05) is 6.42 Å². The lowest BCUT2D eigenvalue weighted by molar-refractivity contribution is 0.627. The molecule has 0 aliphatic heterocycles. The topological polar surface area (TPSA) is 0 Å². The fourth-order valence-electron chi connectivity index (χ4n) is 1.92. The molecule has 0 aromatic heterocycles. The molecule has 0 saturated heterocycles. The monoisotopic (exact) mass is 209 g/mol. The van der Waals surface area contributed by atoms with Crippen LogP contribution in [0.2, 0.25) is 0 Å². The molecule has 81 valence electrons. The highest BCUT2D eigenvalue weighted by molar-refractivity contribution is 5.35. The van der Waals surface area contributed by atoms with Gasteiger partial charge in [0.25, 0.3) is 0 Å². The zero-order valence-corrected chi connectivity index (χ0v) is 9.85. The third-order valence-electron chi connectivity index (χ3n) is 2.84. The SMILES string of the molecule is CC(C)([CH]c1ccccc1)c1ccccc1. The van der Waals surface area contributed by atoms with E-state index in [1.165, 1.54) is 11.1 Å².